The van der Waals surface area contributed by atoms with Crippen molar-refractivity contribution in [2.24, 2.45) is 0 Å². The largest absolute Gasteiger partial charge is 0.508 e. The first-order chi connectivity index (χ1) is 15.9. The zero-order valence-corrected chi connectivity index (χ0v) is 19.8. The number of rotatable bonds is 8. The van der Waals surface area contributed by atoms with E-state index >= 15 is 0 Å². The minimum atomic E-state index is -0.855. The fourth-order valence-electron chi connectivity index (χ4n) is 6.03. The fourth-order valence-corrected chi connectivity index (χ4v) is 6.03. The molecule has 33 heavy (non-hydrogen) atoms. The smallest absolute Gasteiger partial charge is 0.220 e. The van der Waals surface area contributed by atoms with E-state index in [9.17, 15) is 15.0 Å². The van der Waals surface area contributed by atoms with Crippen LogP contribution < -0.4 is 5.32 Å². The molecule has 0 unspecified atom stereocenters. The predicted molar refractivity (Wildman–Crippen MR) is 131 cm³/mol. The number of β-amino-alcohol motifs (C(OH)–C–C–N with tert-alkyl or cyclic N) is 1. The summed E-state index contributed by atoms with van der Waals surface area (Å²) in [6.45, 7) is 1.50. The van der Waals surface area contributed by atoms with Crippen molar-refractivity contribution in [1.29, 1.82) is 0 Å². The highest BCUT2D eigenvalue weighted by Crippen LogP contribution is 2.51. The van der Waals surface area contributed by atoms with Gasteiger partial charge in [0.2, 0.25) is 5.91 Å². The molecular weight excluding hydrogens is 412 g/mol. The second-order valence-corrected chi connectivity index (χ2v) is 10.2. The molecule has 2 aromatic carbocycles. The van der Waals surface area contributed by atoms with Crippen LogP contribution in [0.3, 0.4) is 0 Å². The second-order valence-electron chi connectivity index (χ2n) is 10.2. The SMILES string of the molecule is CN1CC[C@@]2(c3cccc(O)c3)C[C@H](NC(=O)CCCCCc3ccccc3)CC[C@]2(O)C1. The number of aryl methyl sites for hydroxylation is 1. The van der Waals surface area contributed by atoms with Crippen LogP contribution in [0.15, 0.2) is 54.6 Å². The maximum absolute atomic E-state index is 12.7. The highest BCUT2D eigenvalue weighted by Gasteiger charge is 2.57. The van der Waals surface area contributed by atoms with Crippen LogP contribution in [-0.2, 0) is 16.6 Å². The van der Waals surface area contributed by atoms with Gasteiger partial charge in [-0.15, -0.1) is 0 Å². The molecule has 2 fully saturated rings. The van der Waals surface area contributed by atoms with Crippen molar-refractivity contribution in [3.8, 4) is 5.75 Å². The second kappa shape index (κ2) is 10.3. The number of phenolic OH excluding ortho intramolecular Hbond substituents is 1. The molecule has 1 heterocycles. The van der Waals surface area contributed by atoms with E-state index in [0.717, 1.165) is 50.6 Å². The molecule has 5 nitrogen and oxygen atoms in total. The van der Waals surface area contributed by atoms with Gasteiger partial charge in [-0.1, -0.05) is 48.9 Å². The summed E-state index contributed by atoms with van der Waals surface area (Å²) in [7, 11) is 2.05. The number of hydrogen-bond acceptors (Lipinski definition) is 4. The van der Waals surface area contributed by atoms with Gasteiger partial charge >= 0.3 is 0 Å². The molecule has 1 saturated heterocycles. The van der Waals surface area contributed by atoms with Gasteiger partial charge in [0.1, 0.15) is 5.75 Å². The van der Waals surface area contributed by atoms with Crippen molar-refractivity contribution in [1.82, 2.24) is 10.2 Å². The summed E-state index contributed by atoms with van der Waals surface area (Å²) >= 11 is 0. The van der Waals surface area contributed by atoms with E-state index in [1.807, 2.05) is 18.2 Å². The first-order valence-corrected chi connectivity index (χ1v) is 12.4. The number of likely N-dealkylation sites (N-methyl/N-ethyl adjacent to an activating group) is 1. The number of aliphatic hydroxyl groups is 1. The van der Waals surface area contributed by atoms with E-state index in [-0.39, 0.29) is 17.7 Å². The topological polar surface area (TPSA) is 72.8 Å². The van der Waals surface area contributed by atoms with Crippen molar-refractivity contribution in [3.63, 3.8) is 0 Å². The number of phenols is 1. The van der Waals surface area contributed by atoms with Gasteiger partial charge in [0, 0.05) is 24.4 Å². The Hall–Kier alpha value is -2.37. The highest BCUT2D eigenvalue weighted by atomic mass is 16.3. The maximum atomic E-state index is 12.7. The van der Waals surface area contributed by atoms with Crippen LogP contribution in [0, 0.1) is 0 Å². The van der Waals surface area contributed by atoms with Gasteiger partial charge in [-0.25, -0.2) is 0 Å². The number of nitrogens with one attached hydrogen (secondary N) is 1. The molecule has 1 amide bonds. The first-order valence-electron chi connectivity index (χ1n) is 12.4. The Bertz CT molecular complexity index is 934. The molecule has 2 aromatic rings. The lowest BCUT2D eigenvalue weighted by Gasteiger charge is -2.57. The number of benzene rings is 2. The lowest BCUT2D eigenvalue weighted by Crippen LogP contribution is -2.66. The number of aromatic hydroxyl groups is 1. The predicted octanol–water partition coefficient (Wildman–Crippen LogP) is 4.17. The summed E-state index contributed by atoms with van der Waals surface area (Å²) in [6.07, 6.45) is 7.61. The summed E-state index contributed by atoms with van der Waals surface area (Å²) in [5.74, 6) is 0.342. The lowest BCUT2D eigenvalue weighted by molar-refractivity contribution is -0.131. The van der Waals surface area contributed by atoms with Crippen LogP contribution >= 0.6 is 0 Å². The molecule has 3 N–H and O–H groups in total. The fraction of sp³-hybridized carbons (Fsp3) is 0.536. The molecule has 5 heteroatoms. The Morgan fingerprint density at radius 3 is 2.70 bits per heavy atom. The Morgan fingerprint density at radius 2 is 1.91 bits per heavy atom. The standard InChI is InChI=1S/C28H38N2O3/c1-30-18-17-27(23-12-8-13-25(31)19-23)20-24(15-16-28(27,33)21-30)29-26(32)14-7-3-6-11-22-9-4-2-5-10-22/h2,4-5,8-10,12-13,19,24,31,33H,3,6-7,11,14-18,20-21H2,1H3,(H,29,32)/t24-,27+,28+/m1/s1. The van der Waals surface area contributed by atoms with Crippen LogP contribution in [0.2, 0.25) is 0 Å². The maximum Gasteiger partial charge on any atom is 0.220 e. The minimum Gasteiger partial charge on any atom is -0.508 e. The van der Waals surface area contributed by atoms with Gasteiger partial charge in [-0.05, 0) is 81.8 Å². The number of amides is 1. The van der Waals surface area contributed by atoms with Crippen LogP contribution in [0.5, 0.6) is 5.75 Å². The van der Waals surface area contributed by atoms with Crippen molar-refractivity contribution < 1.29 is 15.0 Å². The molecule has 0 bridgehead atoms. The number of nitrogens with zero attached hydrogens (tertiary/aromatic N) is 1. The van der Waals surface area contributed by atoms with Gasteiger partial charge in [-0.3, -0.25) is 4.79 Å². The molecule has 1 saturated carbocycles. The number of likely N-dealkylation sites (tertiary alicyclic amines) is 1. The Balaban J connectivity index is 1.34. The van der Waals surface area contributed by atoms with Crippen LogP contribution in [0.1, 0.15) is 62.5 Å². The molecule has 1 aliphatic heterocycles. The summed E-state index contributed by atoms with van der Waals surface area (Å²) < 4.78 is 0. The molecule has 4 rings (SSSR count). The van der Waals surface area contributed by atoms with Gasteiger partial charge in [-0.2, -0.15) is 0 Å². The van der Waals surface area contributed by atoms with Gasteiger partial charge in [0.15, 0.2) is 0 Å². The third kappa shape index (κ3) is 5.42. The monoisotopic (exact) mass is 450 g/mol. The van der Waals surface area contributed by atoms with E-state index in [2.05, 4.69) is 41.5 Å². The van der Waals surface area contributed by atoms with Crippen LogP contribution in [-0.4, -0.2) is 52.8 Å². The van der Waals surface area contributed by atoms with E-state index in [4.69, 9.17) is 0 Å². The van der Waals surface area contributed by atoms with E-state index < -0.39 is 11.0 Å². The average Bonchev–Trinajstić information content (AvgIpc) is 2.80. The minimum absolute atomic E-state index is 0.0489. The van der Waals surface area contributed by atoms with Crippen LogP contribution in [0.25, 0.3) is 0 Å². The van der Waals surface area contributed by atoms with Crippen molar-refractivity contribution >= 4 is 5.91 Å². The number of piperidine rings is 1. The number of fused-ring (bicyclic) bond motifs is 1. The van der Waals surface area contributed by atoms with Gasteiger partial charge in [0.25, 0.3) is 0 Å². The van der Waals surface area contributed by atoms with E-state index in [1.54, 1.807) is 12.1 Å². The zero-order chi connectivity index (χ0) is 23.3. The number of carbonyl (C=O) groups excluding carboxylic acids is 1. The summed E-state index contributed by atoms with van der Waals surface area (Å²) in [5.41, 5.74) is 1.03. The van der Waals surface area contributed by atoms with Crippen molar-refractivity contribution in [2.75, 3.05) is 20.1 Å². The van der Waals surface area contributed by atoms with Gasteiger partial charge in [0.05, 0.1) is 5.60 Å². The molecule has 0 radical (unpaired) electrons. The Labute approximate surface area is 197 Å². The summed E-state index contributed by atoms with van der Waals surface area (Å²) in [4.78, 5) is 14.9. The summed E-state index contributed by atoms with van der Waals surface area (Å²) in [5, 5.41) is 25.2. The van der Waals surface area contributed by atoms with Gasteiger partial charge < -0.3 is 20.4 Å². The number of carbonyl (C=O) groups is 1. The van der Waals surface area contributed by atoms with Crippen LogP contribution in [0.4, 0.5) is 0 Å². The third-order valence-electron chi connectivity index (χ3n) is 7.82. The highest BCUT2D eigenvalue weighted by molar-refractivity contribution is 5.76. The Kier molecular flexibility index (Phi) is 7.40. The molecule has 3 atom stereocenters. The quantitative estimate of drug-likeness (QED) is 0.528. The molecular formula is C28H38N2O3. The number of unbranched alkanes of at least 4 members (excludes halogenated alkanes) is 2. The van der Waals surface area contributed by atoms with Crippen molar-refractivity contribution in [2.45, 2.75) is 74.8 Å². The average molecular weight is 451 g/mol. The third-order valence-corrected chi connectivity index (χ3v) is 7.82. The molecule has 1 aliphatic carbocycles. The van der Waals surface area contributed by atoms with E-state index in [1.165, 1.54) is 5.56 Å². The molecule has 2 aliphatic rings. The van der Waals surface area contributed by atoms with E-state index in [0.29, 0.717) is 25.8 Å². The molecule has 0 spiro atoms. The first kappa shape index (κ1) is 23.8. The molecule has 0 aromatic heterocycles. The Morgan fingerprint density at radius 1 is 1.09 bits per heavy atom. The number of hydrogen-bond donors (Lipinski definition) is 3. The normalized spacial score (nSPS) is 27.6. The van der Waals surface area contributed by atoms with Crippen molar-refractivity contribution in [3.05, 3.63) is 65.7 Å². The zero-order valence-electron chi connectivity index (χ0n) is 19.8. The lowest BCUT2D eigenvalue weighted by atomic mass is 9.55. The molecule has 178 valence electrons. The summed E-state index contributed by atoms with van der Waals surface area (Å²) in [6, 6.07) is 17.9.